The van der Waals surface area contributed by atoms with Gasteiger partial charge in [0.05, 0.1) is 12.2 Å². The van der Waals surface area contributed by atoms with Gasteiger partial charge in [-0.2, -0.15) is 0 Å². The van der Waals surface area contributed by atoms with Crippen LogP contribution >= 0.6 is 0 Å². The first-order chi connectivity index (χ1) is 11.1. The lowest BCUT2D eigenvalue weighted by Gasteiger charge is -2.22. The predicted molar refractivity (Wildman–Crippen MR) is 84.8 cm³/mol. The molecule has 9 heteroatoms. The number of amides is 1. The van der Waals surface area contributed by atoms with E-state index in [0.717, 1.165) is 18.4 Å². The number of nitrogens with one attached hydrogen (secondary N) is 2. The molecule has 1 aromatic carbocycles. The van der Waals surface area contributed by atoms with Crippen LogP contribution in [0.25, 0.3) is 0 Å². The van der Waals surface area contributed by atoms with Gasteiger partial charge in [0.15, 0.2) is 0 Å². The number of alkyl halides is 2. The van der Waals surface area contributed by atoms with E-state index in [9.17, 15) is 26.4 Å². The average Bonchev–Trinajstić information content (AvgIpc) is 2.48. The van der Waals surface area contributed by atoms with Crippen molar-refractivity contribution in [3.05, 3.63) is 35.6 Å². The van der Waals surface area contributed by atoms with Gasteiger partial charge in [0.2, 0.25) is 22.4 Å². The average molecular weight is 366 g/mol. The first-order valence-electron chi connectivity index (χ1n) is 7.41. The SMILES string of the molecule is CCC(CNS(C)(=O)=O)NC(=O)C(CC(F)F)c1ccc(F)cc1. The topological polar surface area (TPSA) is 75.3 Å². The molecule has 0 saturated heterocycles. The van der Waals surface area contributed by atoms with Gasteiger partial charge in [0, 0.05) is 19.0 Å². The molecular weight excluding hydrogens is 345 g/mol. The third kappa shape index (κ3) is 7.31. The molecule has 136 valence electrons. The number of carbonyl (C=O) groups excluding carboxylic acids is 1. The van der Waals surface area contributed by atoms with Crippen LogP contribution in [0.5, 0.6) is 0 Å². The Labute approximate surface area is 139 Å². The molecule has 0 fully saturated rings. The second-order valence-electron chi connectivity index (χ2n) is 5.47. The van der Waals surface area contributed by atoms with Crippen LogP contribution in [0.2, 0.25) is 0 Å². The maximum absolute atomic E-state index is 13.0. The standard InChI is InChI=1S/C15H21F3N2O3S/c1-3-12(9-19-24(2,22)23)20-15(21)13(8-14(17)18)10-4-6-11(16)7-5-10/h4-7,12-14,19H,3,8-9H2,1-2H3,(H,20,21). The molecule has 2 unspecified atom stereocenters. The summed E-state index contributed by atoms with van der Waals surface area (Å²) in [6, 6.07) is 4.25. The van der Waals surface area contributed by atoms with Crippen LogP contribution in [0.1, 0.15) is 31.2 Å². The summed E-state index contributed by atoms with van der Waals surface area (Å²) in [5, 5.41) is 2.56. The summed E-state index contributed by atoms with van der Waals surface area (Å²) in [5.74, 6) is -2.32. The molecule has 1 rings (SSSR count). The molecule has 24 heavy (non-hydrogen) atoms. The predicted octanol–water partition coefficient (Wildman–Crippen LogP) is 2.01. The molecular formula is C15H21F3N2O3S. The number of benzene rings is 1. The van der Waals surface area contributed by atoms with Gasteiger partial charge in [-0.1, -0.05) is 19.1 Å². The smallest absolute Gasteiger partial charge is 0.239 e. The third-order valence-electron chi connectivity index (χ3n) is 3.43. The summed E-state index contributed by atoms with van der Waals surface area (Å²) in [4.78, 5) is 12.3. The minimum absolute atomic E-state index is 0.0358. The molecule has 0 saturated carbocycles. The molecule has 0 radical (unpaired) electrons. The van der Waals surface area contributed by atoms with Gasteiger partial charge in [-0.05, 0) is 24.1 Å². The summed E-state index contributed by atoms with van der Waals surface area (Å²) >= 11 is 0. The van der Waals surface area contributed by atoms with Gasteiger partial charge >= 0.3 is 0 Å². The molecule has 0 aliphatic carbocycles. The monoisotopic (exact) mass is 366 g/mol. The van der Waals surface area contributed by atoms with Crippen LogP contribution in [0, 0.1) is 5.82 Å². The summed E-state index contributed by atoms with van der Waals surface area (Å²) in [7, 11) is -3.42. The molecule has 2 N–H and O–H groups in total. The second kappa shape index (κ2) is 9.03. The number of hydrogen-bond donors (Lipinski definition) is 2. The molecule has 5 nitrogen and oxygen atoms in total. The summed E-state index contributed by atoms with van der Waals surface area (Å²) in [5.41, 5.74) is 0.278. The van der Waals surface area contributed by atoms with E-state index in [1.54, 1.807) is 6.92 Å². The Morgan fingerprint density at radius 1 is 1.21 bits per heavy atom. The van der Waals surface area contributed by atoms with Crippen molar-refractivity contribution >= 4 is 15.9 Å². The van der Waals surface area contributed by atoms with Gasteiger partial charge in [0.25, 0.3) is 0 Å². The minimum atomic E-state index is -3.42. The molecule has 0 aromatic heterocycles. The van der Waals surface area contributed by atoms with Gasteiger partial charge in [-0.15, -0.1) is 0 Å². The maximum atomic E-state index is 13.0. The second-order valence-corrected chi connectivity index (χ2v) is 7.30. The Bertz CT molecular complexity index is 636. The zero-order valence-electron chi connectivity index (χ0n) is 13.4. The Morgan fingerprint density at radius 2 is 1.79 bits per heavy atom. The molecule has 0 spiro atoms. The maximum Gasteiger partial charge on any atom is 0.239 e. The Hall–Kier alpha value is -1.61. The normalized spacial score (nSPS) is 14.4. The molecule has 0 aliphatic rings. The van der Waals surface area contributed by atoms with Gasteiger partial charge in [-0.3, -0.25) is 4.79 Å². The van der Waals surface area contributed by atoms with E-state index in [-0.39, 0.29) is 12.1 Å². The lowest BCUT2D eigenvalue weighted by molar-refractivity contribution is -0.124. The minimum Gasteiger partial charge on any atom is -0.352 e. The van der Waals surface area contributed by atoms with Crippen LogP contribution in [0.3, 0.4) is 0 Å². The van der Waals surface area contributed by atoms with Crippen LogP contribution in [-0.2, 0) is 14.8 Å². The highest BCUT2D eigenvalue weighted by atomic mass is 32.2. The molecule has 0 bridgehead atoms. The van der Waals surface area contributed by atoms with E-state index in [0.29, 0.717) is 6.42 Å². The zero-order valence-corrected chi connectivity index (χ0v) is 14.2. The number of carbonyl (C=O) groups is 1. The highest BCUT2D eigenvalue weighted by molar-refractivity contribution is 7.88. The number of rotatable bonds is 9. The van der Waals surface area contributed by atoms with Crippen molar-refractivity contribution in [1.82, 2.24) is 10.0 Å². The van der Waals surface area contributed by atoms with Crippen molar-refractivity contribution in [2.45, 2.75) is 38.2 Å². The molecule has 1 aromatic rings. The van der Waals surface area contributed by atoms with Gasteiger partial charge in [-0.25, -0.2) is 26.3 Å². The third-order valence-corrected chi connectivity index (χ3v) is 4.12. The number of halogens is 3. The van der Waals surface area contributed by atoms with E-state index in [4.69, 9.17) is 0 Å². The van der Waals surface area contributed by atoms with Crippen LogP contribution in [0.15, 0.2) is 24.3 Å². The number of hydrogen-bond acceptors (Lipinski definition) is 3. The van der Waals surface area contributed by atoms with Crippen LogP contribution in [0.4, 0.5) is 13.2 Å². The van der Waals surface area contributed by atoms with Crippen molar-refractivity contribution in [2.24, 2.45) is 0 Å². The molecule has 0 heterocycles. The lowest BCUT2D eigenvalue weighted by atomic mass is 9.94. The zero-order chi connectivity index (χ0) is 18.3. The largest absolute Gasteiger partial charge is 0.352 e. The van der Waals surface area contributed by atoms with E-state index in [2.05, 4.69) is 10.0 Å². The first kappa shape index (κ1) is 20.4. The van der Waals surface area contributed by atoms with E-state index in [1.165, 1.54) is 12.1 Å². The van der Waals surface area contributed by atoms with Crippen molar-refractivity contribution in [3.63, 3.8) is 0 Å². The first-order valence-corrected chi connectivity index (χ1v) is 9.30. The Kier molecular flexibility index (Phi) is 7.68. The Morgan fingerprint density at radius 3 is 2.25 bits per heavy atom. The van der Waals surface area contributed by atoms with E-state index < -0.39 is 46.6 Å². The van der Waals surface area contributed by atoms with Crippen molar-refractivity contribution < 1.29 is 26.4 Å². The summed E-state index contributed by atoms with van der Waals surface area (Å²) < 4.78 is 63.0. The molecule has 1 amide bonds. The fourth-order valence-corrected chi connectivity index (χ4v) is 2.62. The fraction of sp³-hybridized carbons (Fsp3) is 0.533. The molecule has 0 aliphatic heterocycles. The van der Waals surface area contributed by atoms with Crippen molar-refractivity contribution in [2.75, 3.05) is 12.8 Å². The highest BCUT2D eigenvalue weighted by Gasteiger charge is 2.26. The lowest BCUT2D eigenvalue weighted by Crippen LogP contribution is -2.45. The highest BCUT2D eigenvalue weighted by Crippen LogP contribution is 2.24. The van der Waals surface area contributed by atoms with Crippen molar-refractivity contribution in [1.29, 1.82) is 0 Å². The van der Waals surface area contributed by atoms with Gasteiger partial charge in [0.1, 0.15) is 5.82 Å². The number of sulfonamides is 1. The fourth-order valence-electron chi connectivity index (χ4n) is 2.12. The van der Waals surface area contributed by atoms with Crippen LogP contribution < -0.4 is 10.0 Å². The summed E-state index contributed by atoms with van der Waals surface area (Å²) in [6.45, 7) is 1.70. The molecule has 2 atom stereocenters. The van der Waals surface area contributed by atoms with Crippen molar-refractivity contribution in [3.8, 4) is 0 Å². The van der Waals surface area contributed by atoms with E-state index in [1.807, 2.05) is 0 Å². The Balaban J connectivity index is 2.85. The quantitative estimate of drug-likeness (QED) is 0.702. The van der Waals surface area contributed by atoms with Gasteiger partial charge < -0.3 is 5.32 Å². The van der Waals surface area contributed by atoms with E-state index >= 15 is 0 Å². The van der Waals surface area contributed by atoms with Crippen LogP contribution in [-0.4, -0.2) is 39.6 Å². The summed E-state index contributed by atoms with van der Waals surface area (Å²) in [6.07, 6.45) is -2.01.